The van der Waals surface area contributed by atoms with Crippen molar-refractivity contribution < 1.29 is 68.3 Å². The number of aromatic nitrogens is 5. The Kier molecular flexibility index (Phi) is 12.5. The molecule has 3 aromatic heterocycles. The molecule has 7 rings (SSSR count). The standard InChI is InChI=1S/C38H45N5O15/c1-3-22-23-13-21(5-6-27(23)39-30-24(22)16-42-28(30)14-26-25(34(42)48)19-56-36(49)38(26,51)4-2)57-37(50)55-12-11-53-8-7-52-9-10-54-18-20-15-43(41-40-20)35-33(47)32(46)31(45)29(17-44)58-35/h5-6,13-15,29,31-33,35,44-47,51H,3-4,7-12,16-19H2,1-2H3/t29-,31-,32+,33-,35-,38-/m0/s1. The molecule has 0 bridgehead atoms. The SMILES string of the molecule is CCc1c2c(nc3ccc(OC(=O)OCCOCCOCCOCc4cn([C@H]5O[C@@H](CO)[C@H](O)[C@@H](O)[C@@H]5O)nn4)cc13)-c1cc3c(c(=O)n1C2)COC(=O)[C@]3(O)CC. The number of hydrogen-bond donors (Lipinski definition) is 5. The van der Waals surface area contributed by atoms with Crippen LogP contribution in [0, 0.1) is 0 Å². The molecular weight excluding hydrogens is 766 g/mol. The van der Waals surface area contributed by atoms with E-state index in [1.54, 1.807) is 35.8 Å². The second-order valence-corrected chi connectivity index (χ2v) is 13.9. The Morgan fingerprint density at radius 3 is 2.43 bits per heavy atom. The van der Waals surface area contributed by atoms with Crippen LogP contribution in [0.5, 0.6) is 5.75 Å². The van der Waals surface area contributed by atoms with Crippen LogP contribution < -0.4 is 10.3 Å². The number of carbonyl (C=O) groups is 2. The van der Waals surface area contributed by atoms with Gasteiger partial charge in [-0.3, -0.25) is 4.79 Å². The van der Waals surface area contributed by atoms with E-state index in [4.69, 9.17) is 38.1 Å². The first-order valence-corrected chi connectivity index (χ1v) is 18.9. The summed E-state index contributed by atoms with van der Waals surface area (Å²) in [6, 6.07) is 6.68. The van der Waals surface area contributed by atoms with E-state index >= 15 is 0 Å². The fraction of sp³-hybridized carbons (Fsp3) is 0.526. The van der Waals surface area contributed by atoms with Crippen LogP contribution >= 0.6 is 0 Å². The van der Waals surface area contributed by atoms with Crippen molar-refractivity contribution in [2.45, 2.75) is 82.7 Å². The molecule has 0 radical (unpaired) electrons. The van der Waals surface area contributed by atoms with Crippen molar-refractivity contribution in [2.75, 3.05) is 46.2 Å². The number of esters is 1. The van der Waals surface area contributed by atoms with Gasteiger partial charge in [-0.15, -0.1) is 5.10 Å². The van der Waals surface area contributed by atoms with Crippen molar-refractivity contribution in [3.63, 3.8) is 0 Å². The Balaban J connectivity index is 0.828. The van der Waals surface area contributed by atoms with Gasteiger partial charge in [0.05, 0.1) is 81.5 Å². The van der Waals surface area contributed by atoms with E-state index < -0.39 is 55.0 Å². The second-order valence-electron chi connectivity index (χ2n) is 13.9. The summed E-state index contributed by atoms with van der Waals surface area (Å²) < 4.78 is 40.5. The maximum atomic E-state index is 13.6. The third-order valence-corrected chi connectivity index (χ3v) is 10.5. The molecule has 1 saturated heterocycles. The van der Waals surface area contributed by atoms with Gasteiger partial charge in [-0.2, -0.15) is 0 Å². The lowest BCUT2D eigenvalue weighted by atomic mass is 9.86. The quantitative estimate of drug-likeness (QED) is 0.0498. The molecule has 58 heavy (non-hydrogen) atoms. The Bertz CT molecular complexity index is 2210. The third kappa shape index (κ3) is 7.94. The summed E-state index contributed by atoms with van der Waals surface area (Å²) >= 11 is 0. The summed E-state index contributed by atoms with van der Waals surface area (Å²) in [7, 11) is 0. The number of fused-ring (bicyclic) bond motifs is 5. The molecule has 0 spiro atoms. The highest BCUT2D eigenvalue weighted by molar-refractivity contribution is 5.90. The zero-order chi connectivity index (χ0) is 41.1. The molecule has 0 unspecified atom stereocenters. The Hall–Kier alpha value is -4.90. The number of aliphatic hydroxyl groups excluding tert-OH is 4. The molecule has 0 saturated carbocycles. The number of nitrogens with zero attached hydrogens (tertiary/aromatic N) is 5. The number of cyclic esters (lactones) is 1. The lowest BCUT2D eigenvalue weighted by Gasteiger charge is -2.39. The predicted octanol–water partition coefficient (Wildman–Crippen LogP) is -0.0287. The van der Waals surface area contributed by atoms with Gasteiger partial charge in [0.2, 0.25) is 0 Å². The average Bonchev–Trinajstić information content (AvgIpc) is 3.85. The Morgan fingerprint density at radius 2 is 1.71 bits per heavy atom. The van der Waals surface area contributed by atoms with E-state index in [-0.39, 0.29) is 88.3 Å². The molecular formula is C38H45N5O15. The van der Waals surface area contributed by atoms with Gasteiger partial charge >= 0.3 is 12.1 Å². The molecule has 4 aromatic rings. The highest BCUT2D eigenvalue weighted by atomic mass is 16.7. The summed E-state index contributed by atoms with van der Waals surface area (Å²) in [6.07, 6.45) is -5.55. The smallest absolute Gasteiger partial charge is 0.458 e. The van der Waals surface area contributed by atoms with Gasteiger partial charge in [-0.1, -0.05) is 19.1 Å². The number of rotatable bonds is 16. The Labute approximate surface area is 330 Å². The average molecular weight is 812 g/mol. The normalized spacial score (nSPS) is 23.6. The van der Waals surface area contributed by atoms with Gasteiger partial charge < -0.3 is 63.3 Å². The number of pyridine rings is 2. The lowest BCUT2D eigenvalue weighted by Crippen LogP contribution is -2.56. The number of benzene rings is 1. The molecule has 3 aliphatic heterocycles. The molecule has 1 fully saturated rings. The minimum Gasteiger partial charge on any atom is -0.458 e. The first-order valence-electron chi connectivity index (χ1n) is 18.9. The van der Waals surface area contributed by atoms with E-state index in [2.05, 4.69) is 10.3 Å². The van der Waals surface area contributed by atoms with Crippen LogP contribution in [0.1, 0.15) is 54.4 Å². The van der Waals surface area contributed by atoms with E-state index in [0.717, 1.165) is 16.5 Å². The van der Waals surface area contributed by atoms with Crippen molar-refractivity contribution in [1.82, 2.24) is 24.5 Å². The Morgan fingerprint density at radius 1 is 0.966 bits per heavy atom. The van der Waals surface area contributed by atoms with Gasteiger partial charge in [-0.05, 0) is 42.7 Å². The summed E-state index contributed by atoms with van der Waals surface area (Å²) in [5, 5.41) is 59.3. The fourth-order valence-electron chi connectivity index (χ4n) is 7.34. The molecule has 312 valence electrons. The van der Waals surface area contributed by atoms with Crippen LogP contribution in [0.2, 0.25) is 0 Å². The van der Waals surface area contributed by atoms with Gasteiger partial charge in [0.15, 0.2) is 11.8 Å². The highest BCUT2D eigenvalue weighted by Gasteiger charge is 2.46. The number of aryl methyl sites for hydroxylation is 1. The lowest BCUT2D eigenvalue weighted by molar-refractivity contribution is -0.254. The monoisotopic (exact) mass is 811 g/mol. The van der Waals surface area contributed by atoms with Crippen molar-refractivity contribution in [3.05, 3.63) is 68.8 Å². The van der Waals surface area contributed by atoms with Gasteiger partial charge in [-0.25, -0.2) is 19.3 Å². The molecule has 6 heterocycles. The van der Waals surface area contributed by atoms with Gasteiger partial charge in [0.1, 0.15) is 49.1 Å². The number of hydrogen-bond acceptors (Lipinski definition) is 18. The molecule has 0 aliphatic carbocycles. The summed E-state index contributed by atoms with van der Waals surface area (Å²) in [6.45, 7) is 4.20. The maximum absolute atomic E-state index is 13.6. The highest BCUT2D eigenvalue weighted by Crippen LogP contribution is 2.41. The van der Waals surface area contributed by atoms with Crippen molar-refractivity contribution in [1.29, 1.82) is 0 Å². The van der Waals surface area contributed by atoms with Crippen LogP contribution in [0.25, 0.3) is 22.3 Å². The molecule has 0 amide bonds. The van der Waals surface area contributed by atoms with Crippen LogP contribution in [0.15, 0.2) is 35.3 Å². The zero-order valence-corrected chi connectivity index (χ0v) is 31.8. The summed E-state index contributed by atoms with van der Waals surface area (Å²) in [5.74, 6) is -0.537. The molecule has 20 heteroatoms. The van der Waals surface area contributed by atoms with E-state index in [0.29, 0.717) is 29.0 Å². The van der Waals surface area contributed by atoms with Crippen molar-refractivity contribution >= 4 is 23.0 Å². The van der Waals surface area contributed by atoms with Gasteiger partial charge in [0.25, 0.3) is 5.56 Å². The van der Waals surface area contributed by atoms with Gasteiger partial charge in [0, 0.05) is 16.5 Å². The first kappa shape index (κ1) is 41.3. The molecule has 6 atom stereocenters. The summed E-state index contributed by atoms with van der Waals surface area (Å²) in [5.41, 5.74) is 2.10. The largest absolute Gasteiger partial charge is 0.513 e. The molecule has 3 aliphatic rings. The fourth-order valence-corrected chi connectivity index (χ4v) is 7.34. The number of aliphatic hydroxyl groups is 5. The van der Waals surface area contributed by atoms with Crippen molar-refractivity contribution in [3.8, 4) is 17.1 Å². The van der Waals surface area contributed by atoms with E-state index in [1.165, 1.54) is 10.9 Å². The minimum atomic E-state index is -1.92. The molecule has 20 nitrogen and oxygen atoms in total. The first-order chi connectivity index (χ1) is 28.0. The molecule has 1 aromatic carbocycles. The second kappa shape index (κ2) is 17.5. The van der Waals surface area contributed by atoms with Crippen LogP contribution in [-0.2, 0) is 65.0 Å². The minimum absolute atomic E-state index is 0.0469. The maximum Gasteiger partial charge on any atom is 0.513 e. The topological polar surface area (TPSA) is 265 Å². The zero-order valence-electron chi connectivity index (χ0n) is 31.8. The summed E-state index contributed by atoms with van der Waals surface area (Å²) in [4.78, 5) is 43.4. The van der Waals surface area contributed by atoms with E-state index in [1.807, 2.05) is 6.92 Å². The molecule has 5 N–H and O–H groups in total. The third-order valence-electron chi connectivity index (χ3n) is 10.5. The predicted molar refractivity (Wildman–Crippen MR) is 196 cm³/mol. The number of carbonyl (C=O) groups excluding carboxylic acids is 2. The number of ether oxygens (including phenoxy) is 7. The van der Waals surface area contributed by atoms with E-state index in [9.17, 15) is 39.9 Å². The van der Waals surface area contributed by atoms with Crippen molar-refractivity contribution in [2.24, 2.45) is 0 Å². The van der Waals surface area contributed by atoms with Crippen LogP contribution in [-0.4, -0.2) is 133 Å². The van der Waals surface area contributed by atoms with Crippen LogP contribution in [0.4, 0.5) is 4.79 Å². The van der Waals surface area contributed by atoms with Crippen LogP contribution in [0.3, 0.4) is 0 Å².